The summed E-state index contributed by atoms with van der Waals surface area (Å²) < 4.78 is 15.9. The van der Waals surface area contributed by atoms with E-state index in [0.29, 0.717) is 23.1 Å². The summed E-state index contributed by atoms with van der Waals surface area (Å²) in [5.41, 5.74) is 1.73. The Balaban J connectivity index is 1.48. The summed E-state index contributed by atoms with van der Waals surface area (Å²) in [4.78, 5) is 25.0. The van der Waals surface area contributed by atoms with Gasteiger partial charge >= 0.3 is 0 Å². The van der Waals surface area contributed by atoms with Crippen LogP contribution in [-0.4, -0.2) is 38.6 Å². The van der Waals surface area contributed by atoms with E-state index in [0.717, 1.165) is 6.42 Å². The van der Waals surface area contributed by atoms with E-state index in [1.54, 1.807) is 18.2 Å². The molecule has 0 bridgehead atoms. The maximum atomic E-state index is 12.8. The number of hydrogen-bond acceptors (Lipinski definition) is 6. The van der Waals surface area contributed by atoms with E-state index in [1.165, 1.54) is 19.8 Å². The molecule has 0 spiro atoms. The number of carbonyl (C=O) groups excluding carboxylic acids is 2. The first-order chi connectivity index (χ1) is 14.1. The number of rotatable bonds is 7. The Kier molecular flexibility index (Phi) is 5.12. The van der Waals surface area contributed by atoms with E-state index < -0.39 is 5.91 Å². The molecule has 1 heterocycles. The number of ether oxygens (including phenoxy) is 3. The largest absolute Gasteiger partial charge is 0.493 e. The van der Waals surface area contributed by atoms with Crippen molar-refractivity contribution in [1.29, 1.82) is 0 Å². The molecule has 29 heavy (non-hydrogen) atoms. The second kappa shape index (κ2) is 7.87. The van der Waals surface area contributed by atoms with Crippen molar-refractivity contribution in [2.45, 2.75) is 18.4 Å². The van der Waals surface area contributed by atoms with Gasteiger partial charge in [0.1, 0.15) is 5.57 Å². The summed E-state index contributed by atoms with van der Waals surface area (Å²) in [6.07, 6.45) is 0.926. The molecular weight excluding hydrogens is 372 g/mol. The minimum atomic E-state index is -0.515. The fourth-order valence-electron chi connectivity index (χ4n) is 3.45. The van der Waals surface area contributed by atoms with E-state index in [-0.39, 0.29) is 29.9 Å². The van der Waals surface area contributed by atoms with Crippen molar-refractivity contribution in [3.63, 3.8) is 0 Å². The zero-order chi connectivity index (χ0) is 20.4. The first kappa shape index (κ1) is 18.9. The van der Waals surface area contributed by atoms with Crippen LogP contribution in [0.4, 0.5) is 5.69 Å². The number of methoxy groups -OCH3 is 2. The molecule has 1 aliphatic heterocycles. The minimum absolute atomic E-state index is 0.0125. The van der Waals surface area contributed by atoms with Gasteiger partial charge in [0.2, 0.25) is 11.7 Å². The molecule has 0 saturated heterocycles. The normalized spacial score (nSPS) is 20.1. The Morgan fingerprint density at radius 2 is 1.83 bits per heavy atom. The topological polar surface area (TPSA) is 85.9 Å². The monoisotopic (exact) mass is 394 g/mol. The number of ketones is 1. The van der Waals surface area contributed by atoms with Gasteiger partial charge in [0, 0.05) is 23.7 Å². The highest BCUT2D eigenvalue weighted by atomic mass is 16.5. The van der Waals surface area contributed by atoms with Crippen LogP contribution in [0.15, 0.2) is 60.0 Å². The van der Waals surface area contributed by atoms with Crippen molar-refractivity contribution in [2.24, 2.45) is 0 Å². The standard InChI is InChI=1S/C22H22N2O5/c1-27-18-9-8-14(10-19(18)28-2)23-21(26)20-17(25)12-29-22(20)24-16-11-15(16)13-6-4-3-5-7-13/h3-10,15-16,24H,11-12H2,1-2H3,(H,23,26)/t15-,16+/m0/s1. The molecule has 7 nitrogen and oxygen atoms in total. The van der Waals surface area contributed by atoms with Crippen molar-refractivity contribution in [1.82, 2.24) is 5.32 Å². The van der Waals surface area contributed by atoms with Crippen LogP contribution < -0.4 is 20.1 Å². The van der Waals surface area contributed by atoms with E-state index >= 15 is 0 Å². The second-order valence-corrected chi connectivity index (χ2v) is 6.94. The lowest BCUT2D eigenvalue weighted by molar-refractivity contribution is -0.120. The lowest BCUT2D eigenvalue weighted by atomic mass is 10.1. The molecule has 0 radical (unpaired) electrons. The minimum Gasteiger partial charge on any atom is -0.493 e. The Labute approximate surface area is 168 Å². The average Bonchev–Trinajstić information content (AvgIpc) is 3.42. The molecule has 2 atom stereocenters. The Morgan fingerprint density at radius 1 is 1.07 bits per heavy atom. The third kappa shape index (κ3) is 3.89. The van der Waals surface area contributed by atoms with Gasteiger partial charge in [-0.15, -0.1) is 0 Å². The fraction of sp³-hybridized carbons (Fsp3) is 0.273. The lowest BCUT2D eigenvalue weighted by Gasteiger charge is -2.11. The molecule has 1 fully saturated rings. The predicted octanol–water partition coefficient (Wildman–Crippen LogP) is 2.60. The van der Waals surface area contributed by atoms with Gasteiger partial charge in [-0.2, -0.15) is 0 Å². The molecule has 2 aromatic rings. The third-order valence-corrected chi connectivity index (χ3v) is 5.06. The SMILES string of the molecule is COc1ccc(NC(=O)C2=C(N[C@@H]3C[C@H]3c3ccccc3)OCC2=O)cc1OC. The molecule has 150 valence electrons. The van der Waals surface area contributed by atoms with Crippen LogP contribution in [0.2, 0.25) is 0 Å². The summed E-state index contributed by atoms with van der Waals surface area (Å²) in [6.45, 7) is -0.139. The Bertz CT molecular complexity index is 970. The van der Waals surface area contributed by atoms with E-state index in [2.05, 4.69) is 22.8 Å². The average molecular weight is 394 g/mol. The molecule has 2 N–H and O–H groups in total. The number of amides is 1. The molecule has 1 saturated carbocycles. The number of benzene rings is 2. The number of carbonyl (C=O) groups is 2. The molecule has 2 aromatic carbocycles. The van der Waals surface area contributed by atoms with Crippen molar-refractivity contribution in [3.05, 3.63) is 65.6 Å². The number of nitrogens with one attached hydrogen (secondary N) is 2. The quantitative estimate of drug-likeness (QED) is 0.702. The molecule has 0 aromatic heterocycles. The molecule has 2 aliphatic rings. The van der Waals surface area contributed by atoms with Crippen molar-refractivity contribution in [2.75, 3.05) is 26.1 Å². The van der Waals surface area contributed by atoms with E-state index in [9.17, 15) is 9.59 Å². The summed E-state index contributed by atoms with van der Waals surface area (Å²) in [5.74, 6) is 0.763. The zero-order valence-electron chi connectivity index (χ0n) is 16.2. The smallest absolute Gasteiger partial charge is 0.264 e. The van der Waals surface area contributed by atoms with Crippen LogP contribution in [0.1, 0.15) is 17.9 Å². The third-order valence-electron chi connectivity index (χ3n) is 5.06. The van der Waals surface area contributed by atoms with Gasteiger partial charge in [0.05, 0.1) is 14.2 Å². The predicted molar refractivity (Wildman–Crippen MR) is 107 cm³/mol. The van der Waals surface area contributed by atoms with Crippen molar-refractivity contribution < 1.29 is 23.8 Å². The molecule has 4 rings (SSSR count). The molecule has 1 aliphatic carbocycles. The van der Waals surface area contributed by atoms with Gasteiger partial charge in [-0.25, -0.2) is 0 Å². The Hall–Kier alpha value is -3.48. The number of anilines is 1. The zero-order valence-corrected chi connectivity index (χ0v) is 16.2. The molecule has 1 amide bonds. The van der Waals surface area contributed by atoms with Gasteiger partial charge in [0.25, 0.3) is 5.91 Å². The van der Waals surface area contributed by atoms with Crippen LogP contribution in [0.25, 0.3) is 0 Å². The van der Waals surface area contributed by atoms with E-state index in [1.807, 2.05) is 18.2 Å². The maximum absolute atomic E-state index is 12.8. The van der Waals surface area contributed by atoms with Crippen LogP contribution in [0.5, 0.6) is 11.5 Å². The second-order valence-electron chi connectivity index (χ2n) is 6.94. The van der Waals surface area contributed by atoms with Crippen LogP contribution in [0, 0.1) is 0 Å². The van der Waals surface area contributed by atoms with Crippen LogP contribution in [-0.2, 0) is 14.3 Å². The van der Waals surface area contributed by atoms with Gasteiger partial charge in [0.15, 0.2) is 18.1 Å². The molecular formula is C22H22N2O5. The van der Waals surface area contributed by atoms with Gasteiger partial charge in [-0.05, 0) is 24.1 Å². The van der Waals surface area contributed by atoms with Crippen LogP contribution in [0.3, 0.4) is 0 Å². The highest BCUT2D eigenvalue weighted by Gasteiger charge is 2.41. The van der Waals surface area contributed by atoms with Crippen LogP contribution >= 0.6 is 0 Å². The first-order valence-electron chi connectivity index (χ1n) is 9.36. The Morgan fingerprint density at radius 3 is 2.55 bits per heavy atom. The van der Waals surface area contributed by atoms with Crippen molar-refractivity contribution in [3.8, 4) is 11.5 Å². The summed E-state index contributed by atoms with van der Waals surface area (Å²) in [5, 5.41) is 5.95. The fourth-order valence-corrected chi connectivity index (χ4v) is 3.45. The van der Waals surface area contributed by atoms with Gasteiger partial charge in [-0.3, -0.25) is 9.59 Å². The first-order valence-corrected chi connectivity index (χ1v) is 9.36. The van der Waals surface area contributed by atoms with Gasteiger partial charge < -0.3 is 24.8 Å². The molecule has 0 unspecified atom stereocenters. The molecule has 7 heteroatoms. The maximum Gasteiger partial charge on any atom is 0.264 e. The highest BCUT2D eigenvalue weighted by molar-refractivity contribution is 6.25. The van der Waals surface area contributed by atoms with Crippen molar-refractivity contribution >= 4 is 17.4 Å². The summed E-state index contributed by atoms with van der Waals surface area (Å²) >= 11 is 0. The summed E-state index contributed by atoms with van der Waals surface area (Å²) in [7, 11) is 3.05. The number of hydrogen-bond donors (Lipinski definition) is 2. The lowest BCUT2D eigenvalue weighted by Crippen LogP contribution is -2.24. The van der Waals surface area contributed by atoms with Gasteiger partial charge in [-0.1, -0.05) is 30.3 Å². The highest BCUT2D eigenvalue weighted by Crippen LogP contribution is 2.41. The number of Topliss-reactive ketones (excluding diaryl/α,β-unsaturated/α-hetero) is 1. The summed E-state index contributed by atoms with van der Waals surface area (Å²) in [6, 6.07) is 15.3. The van der Waals surface area contributed by atoms with E-state index in [4.69, 9.17) is 14.2 Å².